The Morgan fingerprint density at radius 3 is 2.57 bits per heavy atom. The Kier molecular flexibility index (Phi) is 6.18. The highest BCUT2D eigenvalue weighted by Crippen LogP contribution is 2.39. The number of aromatic nitrogens is 1. The molecule has 3 aromatic rings. The molecule has 4 rings (SSSR count). The molecule has 4 nitrogen and oxygen atoms in total. The Bertz CT molecular complexity index is 1030. The van der Waals surface area contributed by atoms with Crippen LogP contribution in [0.2, 0.25) is 5.02 Å². The molecular formula is C24H25ClFN3O. The van der Waals surface area contributed by atoms with E-state index in [9.17, 15) is 9.18 Å². The second-order valence-electron chi connectivity index (χ2n) is 8.07. The number of hydrogen-bond acceptors (Lipinski definition) is 2. The van der Waals surface area contributed by atoms with E-state index in [0.717, 1.165) is 36.6 Å². The van der Waals surface area contributed by atoms with Crippen LogP contribution >= 0.6 is 11.6 Å². The lowest BCUT2D eigenvalue weighted by Gasteiger charge is -2.33. The first-order valence-electron chi connectivity index (χ1n) is 10.4. The molecule has 1 aliphatic rings. The first-order chi connectivity index (χ1) is 14.5. The lowest BCUT2D eigenvalue weighted by molar-refractivity contribution is 0.231. The molecule has 1 atom stereocenters. The van der Waals surface area contributed by atoms with Crippen molar-refractivity contribution in [3.05, 3.63) is 71.1 Å². The highest BCUT2D eigenvalue weighted by Gasteiger charge is 2.28. The molecule has 1 saturated carbocycles. The van der Waals surface area contributed by atoms with Crippen LogP contribution in [-0.4, -0.2) is 17.1 Å². The third kappa shape index (κ3) is 4.73. The summed E-state index contributed by atoms with van der Waals surface area (Å²) in [6, 6.07) is 13.7. The smallest absolute Gasteiger partial charge is 0.319 e. The van der Waals surface area contributed by atoms with Crippen molar-refractivity contribution in [2.24, 2.45) is 5.92 Å². The number of carbonyl (C=O) groups is 1. The van der Waals surface area contributed by atoms with Gasteiger partial charge in [0.15, 0.2) is 0 Å². The van der Waals surface area contributed by atoms with Crippen molar-refractivity contribution >= 4 is 34.2 Å². The number of benzene rings is 2. The van der Waals surface area contributed by atoms with E-state index in [1.807, 2.05) is 12.3 Å². The Morgan fingerprint density at radius 1 is 1.10 bits per heavy atom. The second-order valence-corrected chi connectivity index (χ2v) is 8.50. The monoisotopic (exact) mass is 425 g/mol. The van der Waals surface area contributed by atoms with Gasteiger partial charge in [-0.2, -0.15) is 0 Å². The average molecular weight is 426 g/mol. The molecule has 1 fully saturated rings. The Hall–Kier alpha value is -2.66. The van der Waals surface area contributed by atoms with Crippen LogP contribution in [-0.2, 0) is 0 Å². The van der Waals surface area contributed by atoms with Crippen molar-refractivity contribution in [3.63, 3.8) is 0 Å². The van der Waals surface area contributed by atoms with Gasteiger partial charge in [-0.25, -0.2) is 9.18 Å². The predicted octanol–water partition coefficient (Wildman–Crippen LogP) is 6.51. The minimum atomic E-state index is -0.227. The van der Waals surface area contributed by atoms with Crippen LogP contribution in [0, 0.1) is 11.7 Å². The summed E-state index contributed by atoms with van der Waals surface area (Å²) in [5, 5.41) is 7.46. The molecule has 0 bridgehead atoms. The molecule has 1 aromatic heterocycles. The molecule has 1 heterocycles. The van der Waals surface area contributed by atoms with E-state index in [1.165, 1.54) is 11.6 Å². The van der Waals surface area contributed by atoms with Gasteiger partial charge in [0.25, 0.3) is 0 Å². The first kappa shape index (κ1) is 20.6. The van der Waals surface area contributed by atoms with Crippen LogP contribution in [0.5, 0.6) is 0 Å². The zero-order valence-corrected chi connectivity index (χ0v) is 17.6. The van der Waals surface area contributed by atoms with Crippen LogP contribution in [0.15, 0.2) is 54.7 Å². The highest BCUT2D eigenvalue weighted by molar-refractivity contribution is 6.30. The van der Waals surface area contributed by atoms with E-state index < -0.39 is 0 Å². The summed E-state index contributed by atoms with van der Waals surface area (Å²) in [5.74, 6) is 0.584. The number of carbonyl (C=O) groups excluding carboxylic acids is 1. The van der Waals surface area contributed by atoms with Crippen molar-refractivity contribution in [2.75, 3.05) is 5.32 Å². The van der Waals surface area contributed by atoms with Crippen molar-refractivity contribution < 1.29 is 9.18 Å². The van der Waals surface area contributed by atoms with Gasteiger partial charge in [-0.15, -0.1) is 0 Å². The molecule has 2 amide bonds. The predicted molar refractivity (Wildman–Crippen MR) is 119 cm³/mol. The molecule has 30 heavy (non-hydrogen) atoms. The molecule has 1 aliphatic carbocycles. The number of nitrogens with one attached hydrogen (secondary N) is 2. The van der Waals surface area contributed by atoms with E-state index in [4.69, 9.17) is 11.6 Å². The summed E-state index contributed by atoms with van der Waals surface area (Å²) in [4.78, 5) is 16.7. The topological polar surface area (TPSA) is 54.0 Å². The van der Waals surface area contributed by atoms with Gasteiger partial charge in [-0.05, 0) is 98.5 Å². The third-order valence-corrected chi connectivity index (χ3v) is 6.37. The van der Waals surface area contributed by atoms with Crippen LogP contribution in [0.4, 0.5) is 14.9 Å². The number of nitrogens with zero attached hydrogens (tertiary/aromatic N) is 1. The number of urea groups is 1. The number of anilines is 1. The van der Waals surface area contributed by atoms with Gasteiger partial charge in [-0.1, -0.05) is 11.6 Å². The lowest BCUT2D eigenvalue weighted by atomic mass is 9.75. The summed E-state index contributed by atoms with van der Waals surface area (Å²) < 4.78 is 13.8. The van der Waals surface area contributed by atoms with Crippen LogP contribution in [0.3, 0.4) is 0 Å². The van der Waals surface area contributed by atoms with Crippen molar-refractivity contribution in [3.8, 4) is 0 Å². The average Bonchev–Trinajstić information content (AvgIpc) is 2.75. The summed E-state index contributed by atoms with van der Waals surface area (Å²) in [6.45, 7) is 2.06. The van der Waals surface area contributed by atoms with Crippen molar-refractivity contribution in [1.82, 2.24) is 10.3 Å². The van der Waals surface area contributed by atoms with E-state index in [1.54, 1.807) is 36.4 Å². The largest absolute Gasteiger partial charge is 0.335 e. The zero-order chi connectivity index (χ0) is 21.1. The van der Waals surface area contributed by atoms with Gasteiger partial charge in [0, 0.05) is 28.3 Å². The quantitative estimate of drug-likeness (QED) is 0.500. The lowest BCUT2D eigenvalue weighted by Crippen LogP contribution is -2.41. The van der Waals surface area contributed by atoms with E-state index in [0.29, 0.717) is 22.5 Å². The highest BCUT2D eigenvalue weighted by atomic mass is 35.5. The molecule has 2 N–H and O–H groups in total. The molecule has 0 spiro atoms. The summed E-state index contributed by atoms with van der Waals surface area (Å²) in [7, 11) is 0. The maximum absolute atomic E-state index is 13.8. The summed E-state index contributed by atoms with van der Waals surface area (Å²) >= 11 is 5.88. The van der Waals surface area contributed by atoms with E-state index >= 15 is 0 Å². The Morgan fingerprint density at radius 2 is 1.83 bits per heavy atom. The third-order valence-electron chi connectivity index (χ3n) is 6.12. The van der Waals surface area contributed by atoms with Gasteiger partial charge in [0.2, 0.25) is 0 Å². The molecule has 0 radical (unpaired) electrons. The number of halogens is 2. The SMILES string of the molecule is C[C@@H](NC(=O)Nc1ccc(Cl)cc1)C1CCC(c2ccnc3ccc(F)cc23)CC1. The maximum atomic E-state index is 13.8. The molecule has 0 saturated heterocycles. The summed E-state index contributed by atoms with van der Waals surface area (Å²) in [6.07, 6.45) is 5.89. The molecule has 156 valence electrons. The first-order valence-corrected chi connectivity index (χ1v) is 10.7. The normalized spacial score (nSPS) is 20.0. The second kappa shape index (κ2) is 9.00. The molecule has 0 unspecified atom stereocenters. The Balaban J connectivity index is 1.34. The van der Waals surface area contributed by atoms with Crippen LogP contribution < -0.4 is 10.6 Å². The minimum Gasteiger partial charge on any atom is -0.335 e. The van der Waals surface area contributed by atoms with Gasteiger partial charge in [0.1, 0.15) is 5.82 Å². The number of pyridine rings is 1. The standard InChI is InChI=1S/C24H25ClFN3O/c1-15(28-24(30)29-20-9-6-18(25)7-10-20)16-2-4-17(5-3-16)21-12-13-27-23-11-8-19(26)14-22(21)23/h6-17H,2-5H2,1H3,(H2,28,29,30)/t15-,16?,17?/m1/s1. The molecule has 2 aromatic carbocycles. The number of amides is 2. The zero-order valence-electron chi connectivity index (χ0n) is 16.9. The number of rotatable bonds is 4. The fourth-order valence-corrected chi connectivity index (χ4v) is 4.58. The minimum absolute atomic E-state index is 0.0740. The molecule has 6 heteroatoms. The van der Waals surface area contributed by atoms with Gasteiger partial charge >= 0.3 is 6.03 Å². The van der Waals surface area contributed by atoms with Gasteiger partial charge in [-0.3, -0.25) is 4.98 Å². The van der Waals surface area contributed by atoms with Crippen LogP contribution in [0.25, 0.3) is 10.9 Å². The molecule has 0 aliphatic heterocycles. The van der Waals surface area contributed by atoms with Crippen LogP contribution in [0.1, 0.15) is 44.1 Å². The van der Waals surface area contributed by atoms with E-state index in [2.05, 4.69) is 22.5 Å². The van der Waals surface area contributed by atoms with Gasteiger partial charge < -0.3 is 10.6 Å². The van der Waals surface area contributed by atoms with Gasteiger partial charge in [0.05, 0.1) is 5.52 Å². The summed E-state index contributed by atoms with van der Waals surface area (Å²) in [5.41, 5.74) is 2.73. The fraction of sp³-hybridized carbons (Fsp3) is 0.333. The number of hydrogen-bond donors (Lipinski definition) is 2. The fourth-order valence-electron chi connectivity index (χ4n) is 4.45. The maximum Gasteiger partial charge on any atom is 0.319 e. The van der Waals surface area contributed by atoms with Crippen molar-refractivity contribution in [1.29, 1.82) is 0 Å². The van der Waals surface area contributed by atoms with Crippen molar-refractivity contribution in [2.45, 2.75) is 44.6 Å². The number of fused-ring (bicyclic) bond motifs is 1. The Labute approximate surface area is 180 Å². The van der Waals surface area contributed by atoms with E-state index in [-0.39, 0.29) is 17.9 Å². The molecular weight excluding hydrogens is 401 g/mol.